The maximum absolute atomic E-state index is 9.10. The second-order valence-corrected chi connectivity index (χ2v) is 3.78. The van der Waals surface area contributed by atoms with Gasteiger partial charge < -0.3 is 4.90 Å². The molecule has 2 rings (SSSR count). The second kappa shape index (κ2) is 3.74. The number of amidine groups is 1. The van der Waals surface area contributed by atoms with Gasteiger partial charge in [-0.25, -0.2) is 0 Å². The molecule has 1 aromatic rings. The minimum absolute atomic E-state index is 0.622. The summed E-state index contributed by atoms with van der Waals surface area (Å²) in [6.07, 6.45) is 1.83. The SMILES string of the molecule is Cc1cccc(N2CCCC2=N)c1C#N. The van der Waals surface area contributed by atoms with Gasteiger partial charge in [-0.2, -0.15) is 5.26 Å². The molecule has 0 saturated carbocycles. The van der Waals surface area contributed by atoms with Crippen molar-refractivity contribution in [3.63, 3.8) is 0 Å². The standard InChI is InChI=1S/C12H13N3/c1-9-4-2-5-11(10(9)8-13)15-7-3-6-12(15)14/h2,4-5,14H,3,6-7H2,1H3. The zero-order chi connectivity index (χ0) is 10.8. The summed E-state index contributed by atoms with van der Waals surface area (Å²) in [5, 5.41) is 16.9. The Morgan fingerprint density at radius 2 is 2.27 bits per heavy atom. The van der Waals surface area contributed by atoms with Gasteiger partial charge in [-0.3, -0.25) is 5.41 Å². The topological polar surface area (TPSA) is 50.9 Å². The molecule has 1 N–H and O–H groups in total. The predicted octanol–water partition coefficient (Wildman–Crippen LogP) is 2.44. The first-order chi connectivity index (χ1) is 7.24. The Hall–Kier alpha value is -1.82. The molecule has 0 aromatic heterocycles. The van der Waals surface area contributed by atoms with Gasteiger partial charge in [0.25, 0.3) is 0 Å². The smallest absolute Gasteiger partial charge is 0.102 e. The lowest BCUT2D eigenvalue weighted by atomic mass is 10.1. The Balaban J connectivity index is 2.48. The number of rotatable bonds is 1. The molecule has 0 atom stereocenters. The van der Waals surface area contributed by atoms with Crippen LogP contribution in [0.25, 0.3) is 0 Å². The van der Waals surface area contributed by atoms with Crippen molar-refractivity contribution in [1.82, 2.24) is 0 Å². The molecule has 0 spiro atoms. The summed E-state index contributed by atoms with van der Waals surface area (Å²) in [6, 6.07) is 8.02. The van der Waals surface area contributed by atoms with Gasteiger partial charge in [0.05, 0.1) is 11.3 Å². The van der Waals surface area contributed by atoms with Gasteiger partial charge in [0.1, 0.15) is 11.9 Å². The van der Waals surface area contributed by atoms with Crippen LogP contribution in [0.3, 0.4) is 0 Å². The van der Waals surface area contributed by atoms with Gasteiger partial charge in [-0.05, 0) is 25.0 Å². The first-order valence-electron chi connectivity index (χ1n) is 5.08. The zero-order valence-electron chi connectivity index (χ0n) is 8.75. The van der Waals surface area contributed by atoms with Crippen LogP contribution >= 0.6 is 0 Å². The van der Waals surface area contributed by atoms with Crippen LogP contribution in [-0.2, 0) is 0 Å². The minimum Gasteiger partial charge on any atom is -0.329 e. The summed E-state index contributed by atoms with van der Waals surface area (Å²) in [5.41, 5.74) is 2.57. The molecule has 1 fully saturated rings. The molecular formula is C12H13N3. The van der Waals surface area contributed by atoms with Gasteiger partial charge in [-0.15, -0.1) is 0 Å². The Kier molecular flexibility index (Phi) is 2.42. The average molecular weight is 199 g/mol. The Labute approximate surface area is 89.5 Å². The third-order valence-electron chi connectivity index (χ3n) is 2.77. The third-order valence-corrected chi connectivity index (χ3v) is 2.77. The van der Waals surface area contributed by atoms with Gasteiger partial charge in [0.2, 0.25) is 0 Å². The highest BCUT2D eigenvalue weighted by molar-refractivity contribution is 5.98. The molecule has 15 heavy (non-hydrogen) atoms. The minimum atomic E-state index is 0.622. The van der Waals surface area contributed by atoms with E-state index in [4.69, 9.17) is 10.7 Å². The summed E-state index contributed by atoms with van der Waals surface area (Å²) in [4.78, 5) is 1.94. The fourth-order valence-electron chi connectivity index (χ4n) is 1.96. The van der Waals surface area contributed by atoms with Crippen LogP contribution in [0.1, 0.15) is 24.0 Å². The summed E-state index contributed by atoms with van der Waals surface area (Å²) < 4.78 is 0. The lowest BCUT2D eigenvalue weighted by Gasteiger charge is -2.19. The van der Waals surface area contributed by atoms with Gasteiger partial charge >= 0.3 is 0 Å². The maximum Gasteiger partial charge on any atom is 0.102 e. The van der Waals surface area contributed by atoms with Crippen LogP contribution in [0, 0.1) is 23.7 Å². The highest BCUT2D eigenvalue weighted by Gasteiger charge is 2.21. The highest BCUT2D eigenvalue weighted by atomic mass is 15.2. The molecule has 76 valence electrons. The van der Waals surface area contributed by atoms with Crippen molar-refractivity contribution in [2.24, 2.45) is 0 Å². The van der Waals surface area contributed by atoms with Crippen LogP contribution in [0.15, 0.2) is 18.2 Å². The normalized spacial score (nSPS) is 15.5. The quantitative estimate of drug-likeness (QED) is 0.755. The number of hydrogen-bond acceptors (Lipinski definition) is 2. The van der Waals surface area contributed by atoms with E-state index in [1.54, 1.807) is 0 Å². The maximum atomic E-state index is 9.10. The molecule has 0 radical (unpaired) electrons. The lowest BCUT2D eigenvalue weighted by Crippen LogP contribution is -2.24. The molecule has 3 heteroatoms. The number of nitrogens with one attached hydrogen (secondary N) is 1. The average Bonchev–Trinajstić information content (AvgIpc) is 2.64. The van der Waals surface area contributed by atoms with Gasteiger partial charge in [-0.1, -0.05) is 12.1 Å². The van der Waals surface area contributed by atoms with E-state index in [1.165, 1.54) is 0 Å². The zero-order valence-corrected chi connectivity index (χ0v) is 8.75. The van der Waals surface area contributed by atoms with Crippen molar-refractivity contribution >= 4 is 11.5 Å². The van der Waals surface area contributed by atoms with Crippen molar-refractivity contribution in [1.29, 1.82) is 10.7 Å². The molecule has 1 saturated heterocycles. The highest BCUT2D eigenvalue weighted by Crippen LogP contribution is 2.26. The molecule has 1 heterocycles. The largest absolute Gasteiger partial charge is 0.329 e. The first-order valence-corrected chi connectivity index (χ1v) is 5.08. The Morgan fingerprint density at radius 3 is 2.87 bits per heavy atom. The summed E-state index contributed by atoms with van der Waals surface area (Å²) >= 11 is 0. The van der Waals surface area contributed by atoms with Crippen LogP contribution in [0.2, 0.25) is 0 Å². The molecule has 0 aliphatic carbocycles. The van der Waals surface area contributed by atoms with Crippen molar-refractivity contribution in [2.75, 3.05) is 11.4 Å². The number of hydrogen-bond donors (Lipinski definition) is 1. The molecular weight excluding hydrogens is 186 g/mol. The van der Waals surface area contributed by atoms with E-state index in [0.717, 1.165) is 30.6 Å². The van der Waals surface area contributed by atoms with E-state index < -0.39 is 0 Å². The predicted molar refractivity (Wildman–Crippen MR) is 60.2 cm³/mol. The van der Waals surface area contributed by atoms with E-state index in [-0.39, 0.29) is 0 Å². The van der Waals surface area contributed by atoms with Gasteiger partial charge in [0.15, 0.2) is 0 Å². The molecule has 1 aromatic carbocycles. The third kappa shape index (κ3) is 1.59. The van der Waals surface area contributed by atoms with Crippen molar-refractivity contribution < 1.29 is 0 Å². The summed E-state index contributed by atoms with van der Waals surface area (Å²) in [5.74, 6) is 0.622. The number of aryl methyl sites for hydroxylation is 1. The molecule has 0 bridgehead atoms. The number of nitriles is 1. The fourth-order valence-corrected chi connectivity index (χ4v) is 1.96. The van der Waals surface area contributed by atoms with E-state index in [0.29, 0.717) is 11.4 Å². The summed E-state index contributed by atoms with van der Waals surface area (Å²) in [6.45, 7) is 2.79. The fraction of sp³-hybridized carbons (Fsp3) is 0.333. The lowest BCUT2D eigenvalue weighted by molar-refractivity contribution is 0.955. The van der Waals surface area contributed by atoms with E-state index >= 15 is 0 Å². The van der Waals surface area contributed by atoms with Crippen molar-refractivity contribution in [3.8, 4) is 6.07 Å². The molecule has 3 nitrogen and oxygen atoms in total. The monoisotopic (exact) mass is 199 g/mol. The number of anilines is 1. The van der Waals surface area contributed by atoms with E-state index in [9.17, 15) is 0 Å². The summed E-state index contributed by atoms with van der Waals surface area (Å²) in [7, 11) is 0. The molecule has 1 aliphatic rings. The Bertz CT molecular complexity index is 443. The Morgan fingerprint density at radius 1 is 1.47 bits per heavy atom. The number of nitrogens with zero attached hydrogens (tertiary/aromatic N) is 2. The van der Waals surface area contributed by atoms with Crippen molar-refractivity contribution in [3.05, 3.63) is 29.3 Å². The first kappa shape index (κ1) is 9.72. The second-order valence-electron chi connectivity index (χ2n) is 3.78. The van der Waals surface area contributed by atoms with Crippen LogP contribution in [-0.4, -0.2) is 12.4 Å². The molecule has 0 unspecified atom stereocenters. The van der Waals surface area contributed by atoms with E-state index in [1.807, 2.05) is 30.0 Å². The van der Waals surface area contributed by atoms with Crippen LogP contribution in [0.5, 0.6) is 0 Å². The molecule has 0 amide bonds. The number of benzene rings is 1. The molecule has 1 aliphatic heterocycles. The van der Waals surface area contributed by atoms with E-state index in [2.05, 4.69) is 6.07 Å². The van der Waals surface area contributed by atoms with Crippen LogP contribution in [0.4, 0.5) is 5.69 Å². The van der Waals surface area contributed by atoms with Crippen molar-refractivity contribution in [2.45, 2.75) is 19.8 Å². The van der Waals surface area contributed by atoms with Gasteiger partial charge in [0, 0.05) is 13.0 Å². The van der Waals surface area contributed by atoms with Crippen LogP contribution < -0.4 is 4.90 Å².